The monoisotopic (exact) mass is 333 g/mol. The van der Waals surface area contributed by atoms with Gasteiger partial charge >= 0.3 is 0 Å². The Balaban J connectivity index is 2.72. The lowest BCUT2D eigenvalue weighted by molar-refractivity contribution is -0.136. The molecule has 0 aliphatic heterocycles. The highest BCUT2D eigenvalue weighted by Crippen LogP contribution is 2.26. The van der Waals surface area contributed by atoms with E-state index < -0.39 is 29.9 Å². The molecule has 0 saturated carbocycles. The minimum atomic E-state index is -1.60. The third kappa shape index (κ3) is 4.80. The molecule has 1 aromatic rings. The predicted molar refractivity (Wildman–Crippen MR) is 76.9 cm³/mol. The van der Waals surface area contributed by atoms with Crippen molar-refractivity contribution in [2.24, 2.45) is 11.5 Å². The molecule has 0 saturated heterocycles. The third-order valence-corrected chi connectivity index (χ3v) is 3.17. The van der Waals surface area contributed by atoms with Crippen molar-refractivity contribution in [2.45, 2.75) is 19.1 Å². The Labute approximate surface area is 130 Å². The van der Waals surface area contributed by atoms with Gasteiger partial charge in [0.25, 0.3) is 5.91 Å². The van der Waals surface area contributed by atoms with E-state index in [2.05, 4.69) is 5.32 Å². The molecule has 0 radical (unpaired) electrons. The molecule has 0 fully saturated rings. The molecule has 0 bridgehead atoms. The van der Waals surface area contributed by atoms with Crippen LogP contribution in [-0.2, 0) is 14.4 Å². The van der Waals surface area contributed by atoms with Crippen molar-refractivity contribution in [3.63, 3.8) is 0 Å². The Morgan fingerprint density at radius 3 is 2.19 bits per heavy atom. The number of nitrogens with one attached hydrogen (secondary N) is 1. The van der Waals surface area contributed by atoms with Gasteiger partial charge in [0, 0.05) is 6.07 Å². The molecule has 1 rings (SSSR count). The standard InChI is InChI=1S/C12H13Cl2N3O4/c1-5(12(20)17-9(10(15)18)11(16)19)21-6-2-3-7(13)8(14)4-6/h2-5,9H,1H3,(H2,15,18)(H2,16,19)(H,17,20). The Morgan fingerprint density at radius 2 is 1.71 bits per heavy atom. The summed E-state index contributed by atoms with van der Waals surface area (Å²) in [6.07, 6.45) is -1.01. The van der Waals surface area contributed by atoms with Gasteiger partial charge in [-0.1, -0.05) is 23.2 Å². The van der Waals surface area contributed by atoms with E-state index in [1.165, 1.54) is 25.1 Å². The molecule has 0 aliphatic rings. The van der Waals surface area contributed by atoms with E-state index >= 15 is 0 Å². The van der Waals surface area contributed by atoms with Crippen LogP contribution < -0.4 is 21.5 Å². The van der Waals surface area contributed by atoms with Gasteiger partial charge in [-0.25, -0.2) is 0 Å². The number of nitrogens with two attached hydrogens (primary N) is 2. The van der Waals surface area contributed by atoms with Crippen LogP contribution in [0.5, 0.6) is 5.75 Å². The summed E-state index contributed by atoms with van der Waals surface area (Å²) in [5, 5.41) is 2.68. The first-order valence-electron chi connectivity index (χ1n) is 5.73. The lowest BCUT2D eigenvalue weighted by Gasteiger charge is -2.17. The largest absolute Gasteiger partial charge is 0.481 e. The van der Waals surface area contributed by atoms with Crippen molar-refractivity contribution < 1.29 is 19.1 Å². The lowest BCUT2D eigenvalue weighted by atomic mass is 10.2. The first-order valence-corrected chi connectivity index (χ1v) is 6.48. The van der Waals surface area contributed by atoms with Crippen molar-refractivity contribution in [1.29, 1.82) is 0 Å². The molecule has 7 nitrogen and oxygen atoms in total. The molecule has 9 heteroatoms. The van der Waals surface area contributed by atoms with Crippen molar-refractivity contribution in [3.8, 4) is 5.75 Å². The Kier molecular flexibility index (Phi) is 5.80. The number of hydrogen-bond acceptors (Lipinski definition) is 4. The van der Waals surface area contributed by atoms with Gasteiger partial charge in [0.05, 0.1) is 10.0 Å². The number of primary amides is 2. The average Bonchev–Trinajstić information content (AvgIpc) is 2.39. The van der Waals surface area contributed by atoms with E-state index in [0.29, 0.717) is 10.8 Å². The van der Waals surface area contributed by atoms with Crippen molar-refractivity contribution >= 4 is 40.9 Å². The molecule has 1 unspecified atom stereocenters. The minimum Gasteiger partial charge on any atom is -0.481 e. The van der Waals surface area contributed by atoms with Gasteiger partial charge in [-0.3, -0.25) is 14.4 Å². The molecular formula is C12H13Cl2N3O4. The Bertz CT molecular complexity index is 566. The van der Waals surface area contributed by atoms with Crippen LogP contribution in [0.2, 0.25) is 10.0 Å². The summed E-state index contributed by atoms with van der Waals surface area (Å²) < 4.78 is 5.31. The number of benzene rings is 1. The predicted octanol–water partition coefficient (Wildman–Crippen LogP) is 0.216. The van der Waals surface area contributed by atoms with Crippen molar-refractivity contribution in [1.82, 2.24) is 5.32 Å². The van der Waals surface area contributed by atoms with Crippen LogP contribution in [0.4, 0.5) is 0 Å². The molecule has 0 spiro atoms. The maximum atomic E-state index is 11.8. The SMILES string of the molecule is CC(Oc1ccc(Cl)c(Cl)c1)C(=O)NC(C(N)=O)C(N)=O. The summed E-state index contributed by atoms with van der Waals surface area (Å²) in [6, 6.07) is 2.84. The number of carbonyl (C=O) groups is 3. The average molecular weight is 334 g/mol. The van der Waals surface area contributed by atoms with Gasteiger partial charge in [-0.2, -0.15) is 0 Å². The summed E-state index contributed by atoms with van der Waals surface area (Å²) in [5.41, 5.74) is 9.90. The van der Waals surface area contributed by atoms with Gasteiger partial charge in [0.15, 0.2) is 12.1 Å². The van der Waals surface area contributed by atoms with Crippen LogP contribution in [0.1, 0.15) is 6.92 Å². The summed E-state index contributed by atoms with van der Waals surface area (Å²) >= 11 is 11.6. The highest BCUT2D eigenvalue weighted by Gasteiger charge is 2.26. The molecule has 1 atom stereocenters. The smallest absolute Gasteiger partial charge is 0.261 e. The fraction of sp³-hybridized carbons (Fsp3) is 0.250. The normalized spacial score (nSPS) is 11.8. The van der Waals surface area contributed by atoms with Crippen LogP contribution in [0.3, 0.4) is 0 Å². The lowest BCUT2D eigenvalue weighted by Crippen LogP contribution is -2.54. The maximum Gasteiger partial charge on any atom is 0.261 e. The summed E-state index contributed by atoms with van der Waals surface area (Å²) in [5.74, 6) is -2.56. The third-order valence-electron chi connectivity index (χ3n) is 2.43. The number of ether oxygens (including phenoxy) is 1. The van der Waals surface area contributed by atoms with E-state index in [1.807, 2.05) is 0 Å². The summed E-state index contributed by atoms with van der Waals surface area (Å²) in [4.78, 5) is 33.8. The second-order valence-corrected chi connectivity index (χ2v) is 4.90. The molecule has 114 valence electrons. The second-order valence-electron chi connectivity index (χ2n) is 4.08. The minimum absolute atomic E-state index is 0.258. The maximum absolute atomic E-state index is 11.8. The molecule has 0 heterocycles. The molecule has 5 N–H and O–H groups in total. The summed E-state index contributed by atoms with van der Waals surface area (Å²) in [7, 11) is 0. The topological polar surface area (TPSA) is 125 Å². The summed E-state index contributed by atoms with van der Waals surface area (Å²) in [6.45, 7) is 1.41. The highest BCUT2D eigenvalue weighted by atomic mass is 35.5. The zero-order chi connectivity index (χ0) is 16.2. The van der Waals surface area contributed by atoms with E-state index in [0.717, 1.165) is 0 Å². The fourth-order valence-electron chi connectivity index (χ4n) is 1.35. The van der Waals surface area contributed by atoms with Gasteiger partial charge in [-0.15, -0.1) is 0 Å². The second kappa shape index (κ2) is 7.14. The Morgan fingerprint density at radius 1 is 1.14 bits per heavy atom. The molecular weight excluding hydrogens is 321 g/mol. The molecule has 0 aromatic heterocycles. The first kappa shape index (κ1) is 17.1. The van der Waals surface area contributed by atoms with Crippen LogP contribution in [0.15, 0.2) is 18.2 Å². The van der Waals surface area contributed by atoms with Crippen molar-refractivity contribution in [2.75, 3.05) is 0 Å². The fourth-order valence-corrected chi connectivity index (χ4v) is 1.64. The number of hydrogen-bond donors (Lipinski definition) is 3. The molecule has 0 aliphatic carbocycles. The first-order chi connectivity index (χ1) is 9.72. The van der Waals surface area contributed by atoms with Gasteiger partial charge < -0.3 is 21.5 Å². The molecule has 3 amide bonds. The van der Waals surface area contributed by atoms with E-state index in [1.54, 1.807) is 0 Å². The molecule has 21 heavy (non-hydrogen) atoms. The van der Waals surface area contributed by atoms with E-state index in [4.69, 9.17) is 39.4 Å². The van der Waals surface area contributed by atoms with Crippen molar-refractivity contribution in [3.05, 3.63) is 28.2 Å². The zero-order valence-corrected chi connectivity index (χ0v) is 12.4. The number of halogens is 2. The van der Waals surface area contributed by atoms with E-state index in [9.17, 15) is 14.4 Å². The quantitative estimate of drug-likeness (QED) is 0.643. The number of rotatable bonds is 6. The highest BCUT2D eigenvalue weighted by molar-refractivity contribution is 6.42. The van der Waals surface area contributed by atoms with Crippen LogP contribution >= 0.6 is 23.2 Å². The molecule has 1 aromatic carbocycles. The van der Waals surface area contributed by atoms with Crippen LogP contribution in [-0.4, -0.2) is 29.9 Å². The van der Waals surface area contributed by atoms with Crippen LogP contribution in [0.25, 0.3) is 0 Å². The van der Waals surface area contributed by atoms with Gasteiger partial charge in [0.1, 0.15) is 5.75 Å². The van der Waals surface area contributed by atoms with Gasteiger partial charge in [-0.05, 0) is 19.1 Å². The number of carbonyl (C=O) groups excluding carboxylic acids is 3. The van der Waals surface area contributed by atoms with E-state index in [-0.39, 0.29) is 5.02 Å². The number of amides is 3. The Hall–Kier alpha value is -1.99. The van der Waals surface area contributed by atoms with Crippen LogP contribution in [0, 0.1) is 0 Å². The van der Waals surface area contributed by atoms with Gasteiger partial charge in [0.2, 0.25) is 11.8 Å². The zero-order valence-electron chi connectivity index (χ0n) is 10.9.